The first kappa shape index (κ1) is 19.4. The Morgan fingerprint density at radius 3 is 2.16 bits per heavy atom. The molecule has 0 heterocycles. The van der Waals surface area contributed by atoms with E-state index in [4.69, 9.17) is 11.5 Å². The van der Waals surface area contributed by atoms with Gasteiger partial charge in [0.25, 0.3) is 0 Å². The van der Waals surface area contributed by atoms with Gasteiger partial charge in [-0.1, -0.05) is 13.2 Å². The maximum atomic E-state index is 10.9. The lowest BCUT2D eigenvalue weighted by Crippen LogP contribution is -2.25. The average Bonchev–Trinajstić information content (AvgIpc) is 2.33. The molecule has 0 spiro atoms. The van der Waals surface area contributed by atoms with Crippen molar-refractivity contribution in [1.82, 2.24) is 5.32 Å². The van der Waals surface area contributed by atoms with E-state index in [0.717, 1.165) is 13.0 Å². The zero-order valence-corrected chi connectivity index (χ0v) is 11.7. The van der Waals surface area contributed by atoms with Crippen molar-refractivity contribution in [2.24, 2.45) is 16.5 Å². The van der Waals surface area contributed by atoms with Crippen molar-refractivity contribution in [3.8, 4) is 0 Å². The Bertz CT molecular complexity index is 337. The third kappa shape index (κ3) is 16.1. The second kappa shape index (κ2) is 12.5. The number of nitrogens with two attached hydrogens (primary N) is 2. The molecule has 0 aliphatic carbocycles. The van der Waals surface area contributed by atoms with Gasteiger partial charge in [0.15, 0.2) is 0 Å². The second-order valence-corrected chi connectivity index (χ2v) is 3.87. The Morgan fingerprint density at radius 2 is 1.79 bits per heavy atom. The first-order valence-corrected chi connectivity index (χ1v) is 5.90. The molecular formula is C13H24N4O2. The van der Waals surface area contributed by atoms with Gasteiger partial charge in [0, 0.05) is 23.9 Å². The normalized spacial score (nSPS) is 9.42. The van der Waals surface area contributed by atoms with Gasteiger partial charge in [0.1, 0.15) is 0 Å². The zero-order valence-electron chi connectivity index (χ0n) is 11.7. The Kier molecular flexibility index (Phi) is 12.8. The van der Waals surface area contributed by atoms with E-state index >= 15 is 0 Å². The third-order valence-corrected chi connectivity index (χ3v) is 1.78. The maximum absolute atomic E-state index is 10.9. The van der Waals surface area contributed by atoms with E-state index < -0.39 is 5.91 Å². The van der Waals surface area contributed by atoms with E-state index in [1.807, 2.05) is 0 Å². The largest absolute Gasteiger partial charge is 0.366 e. The number of nitrogens with zero attached hydrogens (tertiary/aromatic N) is 1. The molecule has 6 nitrogen and oxygen atoms in total. The molecule has 0 aromatic heterocycles. The molecular weight excluding hydrogens is 244 g/mol. The van der Waals surface area contributed by atoms with Crippen LogP contribution in [0.15, 0.2) is 29.3 Å². The van der Waals surface area contributed by atoms with E-state index in [-0.39, 0.29) is 5.91 Å². The van der Waals surface area contributed by atoms with Gasteiger partial charge in [-0.3, -0.25) is 14.6 Å². The Morgan fingerprint density at radius 1 is 1.26 bits per heavy atom. The minimum atomic E-state index is -0.435. The molecule has 0 saturated heterocycles. The molecule has 5 N–H and O–H groups in total. The molecule has 2 amide bonds. The highest BCUT2D eigenvalue weighted by Gasteiger charge is 1.96. The number of hydrogen-bond donors (Lipinski definition) is 3. The summed E-state index contributed by atoms with van der Waals surface area (Å²) in [5.41, 5.74) is 10.9. The quantitative estimate of drug-likeness (QED) is 0.347. The van der Waals surface area contributed by atoms with E-state index in [2.05, 4.69) is 23.5 Å². The minimum Gasteiger partial charge on any atom is -0.366 e. The molecule has 0 aliphatic rings. The fourth-order valence-electron chi connectivity index (χ4n) is 0.628. The van der Waals surface area contributed by atoms with Gasteiger partial charge in [-0.2, -0.15) is 0 Å². The van der Waals surface area contributed by atoms with Gasteiger partial charge < -0.3 is 16.8 Å². The van der Waals surface area contributed by atoms with Crippen LogP contribution in [-0.2, 0) is 9.59 Å². The van der Waals surface area contributed by atoms with Gasteiger partial charge in [0.2, 0.25) is 11.8 Å². The van der Waals surface area contributed by atoms with Crippen LogP contribution in [0.4, 0.5) is 0 Å². The molecule has 0 unspecified atom stereocenters. The van der Waals surface area contributed by atoms with Crippen LogP contribution in [0.5, 0.6) is 0 Å². The van der Waals surface area contributed by atoms with Gasteiger partial charge >= 0.3 is 0 Å². The summed E-state index contributed by atoms with van der Waals surface area (Å²) >= 11 is 0. The van der Waals surface area contributed by atoms with Crippen LogP contribution in [-0.4, -0.2) is 37.7 Å². The summed E-state index contributed by atoms with van der Waals surface area (Å²) in [6.07, 6.45) is 2.56. The molecule has 0 radical (unpaired) electrons. The minimum absolute atomic E-state index is 0.134. The van der Waals surface area contributed by atoms with Gasteiger partial charge in [-0.05, 0) is 26.8 Å². The highest BCUT2D eigenvalue weighted by Crippen LogP contribution is 1.83. The van der Waals surface area contributed by atoms with Gasteiger partial charge in [0.05, 0.1) is 6.54 Å². The third-order valence-electron chi connectivity index (χ3n) is 1.78. The predicted octanol–water partition coefficient (Wildman–Crippen LogP) is 0.146. The van der Waals surface area contributed by atoms with Crippen molar-refractivity contribution in [2.45, 2.75) is 20.3 Å². The fourth-order valence-corrected chi connectivity index (χ4v) is 0.628. The van der Waals surface area contributed by atoms with Crippen molar-refractivity contribution < 1.29 is 9.59 Å². The van der Waals surface area contributed by atoms with Gasteiger partial charge in [-0.25, -0.2) is 0 Å². The van der Waals surface area contributed by atoms with Crippen molar-refractivity contribution >= 4 is 18.0 Å². The van der Waals surface area contributed by atoms with Crippen LogP contribution < -0.4 is 16.8 Å². The Hall–Kier alpha value is -1.95. The highest BCUT2D eigenvalue weighted by molar-refractivity contribution is 5.93. The Labute approximate surface area is 114 Å². The molecule has 0 fully saturated rings. The molecule has 19 heavy (non-hydrogen) atoms. The SMILES string of the molecule is C=C(C)C(=O)NCC=NCCCN.C=C(C)C(N)=O. The van der Waals surface area contributed by atoms with Crippen molar-refractivity contribution in [1.29, 1.82) is 0 Å². The fraction of sp³-hybridized carbons (Fsp3) is 0.462. The summed E-state index contributed by atoms with van der Waals surface area (Å²) in [5, 5.41) is 2.64. The second-order valence-electron chi connectivity index (χ2n) is 3.87. The zero-order chi connectivity index (χ0) is 15.3. The molecule has 0 saturated carbocycles. The molecule has 0 aromatic carbocycles. The molecule has 0 bridgehead atoms. The van der Waals surface area contributed by atoms with Crippen LogP contribution in [0.2, 0.25) is 0 Å². The van der Waals surface area contributed by atoms with Crippen molar-refractivity contribution in [3.05, 3.63) is 24.3 Å². The lowest BCUT2D eigenvalue weighted by atomic mass is 10.3. The molecule has 0 rings (SSSR count). The van der Waals surface area contributed by atoms with Crippen LogP contribution in [0, 0.1) is 0 Å². The number of aliphatic imine (C=N–C) groups is 1. The number of primary amides is 1. The molecule has 108 valence electrons. The van der Waals surface area contributed by atoms with E-state index in [0.29, 0.717) is 24.2 Å². The lowest BCUT2D eigenvalue weighted by Gasteiger charge is -1.99. The van der Waals surface area contributed by atoms with E-state index in [1.165, 1.54) is 0 Å². The Balaban J connectivity index is 0. The standard InChI is InChI=1S/C9H17N3O.C4H7NO/c1-8(2)9(13)12-7-6-11-5-3-4-10;1-3(2)4(5)6/h6H,1,3-5,7,10H2,2H3,(H,12,13);1H2,2H3,(H2,5,6). The molecule has 0 aromatic rings. The topological polar surface area (TPSA) is 111 Å². The smallest absolute Gasteiger partial charge is 0.246 e. The first-order valence-electron chi connectivity index (χ1n) is 5.90. The summed E-state index contributed by atoms with van der Waals surface area (Å²) in [4.78, 5) is 24.8. The molecule has 6 heteroatoms. The maximum Gasteiger partial charge on any atom is 0.246 e. The predicted molar refractivity (Wildman–Crippen MR) is 78.9 cm³/mol. The van der Waals surface area contributed by atoms with Crippen LogP contribution in [0.25, 0.3) is 0 Å². The van der Waals surface area contributed by atoms with Crippen LogP contribution in [0.1, 0.15) is 20.3 Å². The number of nitrogens with one attached hydrogen (secondary N) is 1. The van der Waals surface area contributed by atoms with Crippen LogP contribution >= 0.6 is 0 Å². The monoisotopic (exact) mass is 268 g/mol. The van der Waals surface area contributed by atoms with Crippen molar-refractivity contribution in [2.75, 3.05) is 19.6 Å². The van der Waals surface area contributed by atoms with Crippen molar-refractivity contribution in [3.63, 3.8) is 0 Å². The summed E-state index contributed by atoms with van der Waals surface area (Å²) in [6.45, 7) is 11.9. The summed E-state index contributed by atoms with van der Waals surface area (Å²) < 4.78 is 0. The number of carbonyl (C=O) groups is 2. The molecule has 0 aliphatic heterocycles. The summed E-state index contributed by atoms with van der Waals surface area (Å²) in [6, 6.07) is 0. The number of rotatable bonds is 7. The highest BCUT2D eigenvalue weighted by atomic mass is 16.2. The number of carbonyl (C=O) groups excluding carboxylic acids is 2. The van der Waals surface area contributed by atoms with Gasteiger partial charge in [-0.15, -0.1) is 0 Å². The lowest BCUT2D eigenvalue weighted by molar-refractivity contribution is -0.117. The van der Waals surface area contributed by atoms with E-state index in [9.17, 15) is 9.59 Å². The summed E-state index contributed by atoms with van der Waals surface area (Å²) in [7, 11) is 0. The first-order chi connectivity index (χ1) is 8.82. The summed E-state index contributed by atoms with van der Waals surface area (Å²) in [5.74, 6) is -0.569. The number of amides is 2. The number of hydrogen-bond acceptors (Lipinski definition) is 4. The molecule has 0 atom stereocenters. The van der Waals surface area contributed by atoms with Crippen LogP contribution in [0.3, 0.4) is 0 Å². The van der Waals surface area contributed by atoms with E-state index in [1.54, 1.807) is 20.1 Å². The average molecular weight is 268 g/mol.